The summed E-state index contributed by atoms with van der Waals surface area (Å²) in [6, 6.07) is 15.3. The second kappa shape index (κ2) is 20.8. The zero-order chi connectivity index (χ0) is 48.2. The van der Waals surface area contributed by atoms with Crippen LogP contribution in [0.4, 0.5) is 10.5 Å². The Bertz CT molecular complexity index is 2440. The highest BCUT2D eigenvalue weighted by atomic mass is 16.6. The van der Waals surface area contributed by atoms with Crippen molar-refractivity contribution in [2.24, 2.45) is 5.41 Å². The van der Waals surface area contributed by atoms with Crippen molar-refractivity contribution in [3.8, 4) is 22.4 Å². The number of fused-ring (bicyclic) bond motifs is 2. The lowest BCUT2D eigenvalue weighted by Gasteiger charge is -2.45. The monoisotopic (exact) mass is 922 g/mol. The summed E-state index contributed by atoms with van der Waals surface area (Å²) in [4.78, 5) is 61.6. The van der Waals surface area contributed by atoms with E-state index in [4.69, 9.17) is 19.2 Å². The maximum absolute atomic E-state index is 14.1. The van der Waals surface area contributed by atoms with E-state index in [1.54, 1.807) is 27.9 Å². The number of benzene rings is 2. The fourth-order valence-electron chi connectivity index (χ4n) is 9.97. The molecule has 67 heavy (non-hydrogen) atoms. The molecule has 3 aliphatic rings. The Balaban J connectivity index is 1.31. The molecule has 3 N–H and O–H groups in total. The Morgan fingerprint density at radius 3 is 2.45 bits per heavy atom. The summed E-state index contributed by atoms with van der Waals surface area (Å²) < 4.78 is 19.6. The van der Waals surface area contributed by atoms with Gasteiger partial charge in [-0.25, -0.2) is 10.2 Å². The van der Waals surface area contributed by atoms with Crippen LogP contribution in [0.1, 0.15) is 110 Å². The summed E-state index contributed by atoms with van der Waals surface area (Å²) in [6.45, 7) is 20.5. The highest BCUT2D eigenvalue weighted by Gasteiger charge is 2.35. The maximum atomic E-state index is 14.1. The van der Waals surface area contributed by atoms with Gasteiger partial charge in [-0.1, -0.05) is 50.6 Å². The number of piperidine rings is 1. The molecule has 2 amide bonds. The summed E-state index contributed by atoms with van der Waals surface area (Å²) >= 11 is 0. The van der Waals surface area contributed by atoms with E-state index in [2.05, 4.69) is 70.1 Å². The van der Waals surface area contributed by atoms with Crippen molar-refractivity contribution in [1.82, 2.24) is 30.2 Å². The molecule has 0 radical (unpaired) electrons. The number of carbonyl (C=O) groups excluding carboxylic acids is 3. The lowest BCUT2D eigenvalue weighted by Crippen LogP contribution is -2.60. The number of piperazine rings is 1. The van der Waals surface area contributed by atoms with Gasteiger partial charge >= 0.3 is 18.0 Å². The van der Waals surface area contributed by atoms with Crippen LogP contribution in [0.3, 0.4) is 0 Å². The number of hydrazine groups is 1. The summed E-state index contributed by atoms with van der Waals surface area (Å²) in [5, 5.41) is 14.9. The average Bonchev–Trinajstić information content (AvgIpc) is 3.60. The van der Waals surface area contributed by atoms with Gasteiger partial charge in [0.15, 0.2) is 0 Å². The molecule has 362 valence electrons. The van der Waals surface area contributed by atoms with E-state index in [-0.39, 0.29) is 25.1 Å². The number of pyridine rings is 1. The molecule has 5 heterocycles. The Morgan fingerprint density at radius 2 is 1.73 bits per heavy atom. The normalized spacial score (nSPS) is 19.1. The van der Waals surface area contributed by atoms with Crippen LogP contribution >= 0.6 is 0 Å². The molecule has 0 bridgehead atoms. The number of alkyl carbamates (subject to hydrolysis) is 1. The maximum Gasteiger partial charge on any atom is 0.408 e. The van der Waals surface area contributed by atoms with Crippen LogP contribution in [-0.4, -0.2) is 119 Å². The number of nitrogens with zero attached hydrogens (tertiary/aromatic N) is 5. The topological polar surface area (TPSA) is 168 Å². The largest absolute Gasteiger partial charge is 0.480 e. The second-order valence-electron chi connectivity index (χ2n) is 20.3. The van der Waals surface area contributed by atoms with Crippen molar-refractivity contribution in [1.29, 1.82) is 0 Å². The van der Waals surface area contributed by atoms with Crippen molar-refractivity contribution < 1.29 is 38.5 Å². The van der Waals surface area contributed by atoms with Crippen LogP contribution < -0.4 is 15.6 Å². The van der Waals surface area contributed by atoms with Gasteiger partial charge in [0, 0.05) is 81.1 Å². The number of carbonyl (C=O) groups is 4. The number of amides is 2. The molecule has 0 spiro atoms. The third kappa shape index (κ3) is 11.8. The summed E-state index contributed by atoms with van der Waals surface area (Å²) in [5.41, 5.74) is 10.5. The molecule has 2 aromatic carbocycles. The summed E-state index contributed by atoms with van der Waals surface area (Å²) in [7, 11) is 1.72. The number of aryl methyl sites for hydroxylation is 1. The van der Waals surface area contributed by atoms with Crippen molar-refractivity contribution >= 4 is 40.5 Å². The Hall–Kier alpha value is -5.51. The number of hydrogen-bond donors (Lipinski definition) is 3. The number of methoxy groups -OCH3 is 1. The summed E-state index contributed by atoms with van der Waals surface area (Å²) in [6.07, 6.45) is 6.34. The standard InChI is InChI=1S/C52H71N7O8/c1-10-58-45-20-19-37(36-16-13-15-35(25-36)26-44(54-50(64)67-51(4,5)6)48(61)59-22-14-18-43(55-59)49(62)63)27-40(45)42(29-52(7,8)32-66-34(3)60)47(58)41-28-39(30-53-46(41)33(2)65-9)57-24-23-56-21-12-11-17-38(56)31-57/h13,15-16,19-20,25,27-28,30,33,38,43-44,55H,10-12,14,17-18,21-24,26,29,31-32H2,1-9H3,(H,54,64)(H,62,63)/t33-,38+,43-,44-/m0/s1. The average molecular weight is 922 g/mol. The van der Waals surface area contributed by atoms with Crippen LogP contribution in [0.15, 0.2) is 54.7 Å². The van der Waals surface area contributed by atoms with Crippen LogP contribution in [-0.2, 0) is 48.0 Å². The van der Waals surface area contributed by atoms with Crippen molar-refractivity contribution in [2.45, 2.75) is 137 Å². The van der Waals surface area contributed by atoms with E-state index in [9.17, 15) is 24.3 Å². The molecular weight excluding hydrogens is 851 g/mol. The Labute approximate surface area is 395 Å². The third-order valence-corrected chi connectivity index (χ3v) is 13.3. The number of nitrogens with one attached hydrogen (secondary N) is 2. The van der Waals surface area contributed by atoms with Crippen LogP contribution in [0, 0.1) is 5.41 Å². The predicted octanol–water partition coefficient (Wildman–Crippen LogP) is 7.92. The number of hydrogen-bond acceptors (Lipinski definition) is 11. The molecule has 4 atom stereocenters. The zero-order valence-electron chi connectivity index (χ0n) is 40.9. The van der Waals surface area contributed by atoms with Gasteiger partial charge < -0.3 is 34.1 Å². The first-order valence-corrected chi connectivity index (χ1v) is 24.0. The number of aliphatic carboxylic acids is 1. The van der Waals surface area contributed by atoms with E-state index < -0.39 is 41.1 Å². The van der Waals surface area contributed by atoms with Crippen molar-refractivity contribution in [2.75, 3.05) is 51.3 Å². The number of carboxylic acids is 1. The number of rotatable bonds is 15. The SMILES string of the molecule is CCn1c(-c2cc(N3CCN4CCCC[C@@H]4C3)cnc2[C@H](C)OC)c(CC(C)(C)COC(C)=O)c2cc(-c3cccc(C[C@H](NC(=O)OC(C)(C)C)C(=O)N4CCC[C@@H](C(=O)O)N4)c3)ccc21. The minimum Gasteiger partial charge on any atom is -0.480 e. The quantitative estimate of drug-likeness (QED) is 0.0988. The molecule has 7 rings (SSSR count). The minimum atomic E-state index is -1.04. The third-order valence-electron chi connectivity index (χ3n) is 13.3. The van der Waals surface area contributed by atoms with Gasteiger partial charge in [0.1, 0.15) is 17.7 Å². The van der Waals surface area contributed by atoms with Crippen molar-refractivity contribution in [3.63, 3.8) is 0 Å². The van der Waals surface area contributed by atoms with E-state index in [0.717, 1.165) is 75.4 Å². The molecule has 3 aliphatic heterocycles. The van der Waals surface area contributed by atoms with E-state index >= 15 is 0 Å². The first-order chi connectivity index (χ1) is 31.8. The molecule has 2 aromatic heterocycles. The molecule has 3 fully saturated rings. The molecule has 3 saturated heterocycles. The van der Waals surface area contributed by atoms with Gasteiger partial charge in [0.2, 0.25) is 0 Å². The van der Waals surface area contributed by atoms with Crippen LogP contribution in [0.5, 0.6) is 0 Å². The fraction of sp³-hybridized carbons (Fsp3) is 0.558. The number of ether oxygens (including phenoxy) is 3. The molecule has 0 unspecified atom stereocenters. The highest BCUT2D eigenvalue weighted by Crippen LogP contribution is 2.43. The molecule has 0 aliphatic carbocycles. The number of carboxylic acid groups (broad SMARTS) is 1. The first kappa shape index (κ1) is 49.4. The molecule has 0 saturated carbocycles. The smallest absolute Gasteiger partial charge is 0.408 e. The van der Waals surface area contributed by atoms with Crippen LogP contribution in [0.2, 0.25) is 0 Å². The predicted molar refractivity (Wildman–Crippen MR) is 260 cm³/mol. The Kier molecular flexibility index (Phi) is 15.3. The Morgan fingerprint density at radius 1 is 0.955 bits per heavy atom. The fourth-order valence-corrected chi connectivity index (χ4v) is 9.97. The van der Waals surface area contributed by atoms with Gasteiger partial charge in [-0.2, -0.15) is 0 Å². The van der Waals surface area contributed by atoms with E-state index in [0.29, 0.717) is 38.4 Å². The molecule has 15 nitrogen and oxygen atoms in total. The second-order valence-corrected chi connectivity index (χ2v) is 20.3. The van der Waals surface area contributed by atoms with Gasteiger partial charge in [-0.05, 0) is 114 Å². The lowest BCUT2D eigenvalue weighted by molar-refractivity contribution is -0.148. The minimum absolute atomic E-state index is 0.135. The molecule has 4 aromatic rings. The summed E-state index contributed by atoms with van der Waals surface area (Å²) in [5.74, 6) is -1.81. The lowest BCUT2D eigenvalue weighted by atomic mass is 9.84. The van der Waals surface area contributed by atoms with Gasteiger partial charge in [0.05, 0.1) is 36.0 Å². The number of aromatic nitrogens is 2. The number of esters is 1. The van der Waals surface area contributed by atoms with Crippen molar-refractivity contribution in [3.05, 3.63) is 71.5 Å². The van der Waals surface area contributed by atoms with Gasteiger partial charge in [0.25, 0.3) is 5.91 Å². The van der Waals surface area contributed by atoms with E-state index in [1.807, 2.05) is 37.4 Å². The van der Waals surface area contributed by atoms with Gasteiger partial charge in [-0.3, -0.25) is 29.3 Å². The van der Waals surface area contributed by atoms with Gasteiger partial charge in [-0.15, -0.1) is 0 Å². The van der Waals surface area contributed by atoms with Crippen LogP contribution in [0.25, 0.3) is 33.3 Å². The molecular formula is C52H71N7O8. The van der Waals surface area contributed by atoms with E-state index in [1.165, 1.54) is 37.7 Å². The first-order valence-electron chi connectivity index (χ1n) is 24.0. The zero-order valence-corrected chi connectivity index (χ0v) is 40.9. The number of anilines is 1. The highest BCUT2D eigenvalue weighted by molar-refractivity contribution is 5.96. The molecule has 15 heteroatoms.